The molecule has 1 unspecified atom stereocenters. The maximum Gasteiger partial charge on any atom is 0.257 e. The van der Waals surface area contributed by atoms with E-state index in [-0.39, 0.29) is 23.3 Å². The van der Waals surface area contributed by atoms with Crippen LogP contribution in [0.15, 0.2) is 53.4 Å². The zero-order chi connectivity index (χ0) is 21.6. The Bertz CT molecular complexity index is 952. The first kappa shape index (κ1) is 22.3. The molecule has 162 valence electrons. The van der Waals surface area contributed by atoms with Crippen LogP contribution < -0.4 is 9.46 Å². The second-order valence-electron chi connectivity index (χ2n) is 7.73. The summed E-state index contributed by atoms with van der Waals surface area (Å²) in [5.41, 5.74) is 1.35. The van der Waals surface area contributed by atoms with Crippen molar-refractivity contribution in [3.05, 3.63) is 59.7 Å². The summed E-state index contributed by atoms with van der Waals surface area (Å²) in [6, 6.07) is 14.2. The van der Waals surface area contributed by atoms with Gasteiger partial charge in [0.1, 0.15) is 5.75 Å². The van der Waals surface area contributed by atoms with Crippen LogP contribution in [0.25, 0.3) is 0 Å². The Kier molecular flexibility index (Phi) is 7.50. The van der Waals surface area contributed by atoms with Gasteiger partial charge in [0.15, 0.2) is 0 Å². The van der Waals surface area contributed by atoms with Gasteiger partial charge in [0.05, 0.1) is 17.6 Å². The molecule has 1 atom stereocenters. The summed E-state index contributed by atoms with van der Waals surface area (Å²) in [6.45, 7) is 3.62. The van der Waals surface area contributed by atoms with Gasteiger partial charge in [0.25, 0.3) is 5.91 Å². The number of hydrogen-bond acceptors (Lipinski definition) is 4. The summed E-state index contributed by atoms with van der Waals surface area (Å²) in [6.07, 6.45) is 4.15. The monoisotopic (exact) mass is 430 g/mol. The van der Waals surface area contributed by atoms with Crippen LogP contribution in [0.3, 0.4) is 0 Å². The Morgan fingerprint density at radius 3 is 2.37 bits per heavy atom. The van der Waals surface area contributed by atoms with Gasteiger partial charge in [-0.1, -0.05) is 50.1 Å². The molecule has 0 bridgehead atoms. The molecule has 2 aromatic carbocycles. The maximum absolute atomic E-state index is 13.1. The van der Waals surface area contributed by atoms with Crippen molar-refractivity contribution in [1.82, 2.24) is 9.62 Å². The fraction of sp³-hybridized carbons (Fsp3) is 0.435. The number of nitrogens with one attached hydrogen (secondary N) is 1. The summed E-state index contributed by atoms with van der Waals surface area (Å²) in [5, 5.41) is 0. The Labute approximate surface area is 179 Å². The largest absolute Gasteiger partial charge is 0.496 e. The van der Waals surface area contributed by atoms with E-state index in [0.717, 1.165) is 31.2 Å². The fourth-order valence-electron chi connectivity index (χ4n) is 3.68. The van der Waals surface area contributed by atoms with Crippen molar-refractivity contribution in [1.29, 1.82) is 0 Å². The first-order valence-electron chi connectivity index (χ1n) is 10.4. The van der Waals surface area contributed by atoms with Crippen LogP contribution in [0, 0.1) is 0 Å². The summed E-state index contributed by atoms with van der Waals surface area (Å²) in [5.74, 6) is 0.238. The lowest BCUT2D eigenvalue weighted by Crippen LogP contribution is -2.32. The number of rotatable bonds is 7. The van der Waals surface area contributed by atoms with Gasteiger partial charge >= 0.3 is 0 Å². The second kappa shape index (κ2) is 10.1. The van der Waals surface area contributed by atoms with Crippen LogP contribution in [-0.4, -0.2) is 46.0 Å². The van der Waals surface area contributed by atoms with Crippen molar-refractivity contribution < 1.29 is 17.9 Å². The van der Waals surface area contributed by atoms with E-state index in [1.54, 1.807) is 11.0 Å². The van der Waals surface area contributed by atoms with E-state index in [0.29, 0.717) is 24.4 Å². The van der Waals surface area contributed by atoms with Gasteiger partial charge in [-0.3, -0.25) is 4.79 Å². The van der Waals surface area contributed by atoms with Crippen LogP contribution in [0.2, 0.25) is 0 Å². The number of nitrogens with zero attached hydrogens (tertiary/aromatic N) is 1. The molecule has 6 nitrogen and oxygen atoms in total. The van der Waals surface area contributed by atoms with Gasteiger partial charge in [-0.25, -0.2) is 13.1 Å². The van der Waals surface area contributed by atoms with E-state index in [1.165, 1.54) is 19.2 Å². The Morgan fingerprint density at radius 1 is 1.07 bits per heavy atom. The number of hydrogen-bond donors (Lipinski definition) is 1. The topological polar surface area (TPSA) is 75.7 Å². The molecule has 1 amide bonds. The lowest BCUT2D eigenvalue weighted by molar-refractivity contribution is 0.0758. The van der Waals surface area contributed by atoms with Crippen LogP contribution in [0.4, 0.5) is 0 Å². The number of likely N-dealkylation sites (tertiary alicyclic amines) is 1. The highest BCUT2D eigenvalue weighted by Crippen LogP contribution is 2.25. The van der Waals surface area contributed by atoms with E-state index in [2.05, 4.69) is 4.72 Å². The quantitative estimate of drug-likeness (QED) is 0.725. The predicted octanol–water partition coefficient (Wildman–Crippen LogP) is 3.79. The minimum atomic E-state index is -3.76. The number of sulfonamides is 1. The molecule has 0 aliphatic carbocycles. The molecule has 2 aromatic rings. The first-order chi connectivity index (χ1) is 14.4. The molecule has 1 aliphatic heterocycles. The Balaban J connectivity index is 1.79. The highest BCUT2D eigenvalue weighted by molar-refractivity contribution is 7.89. The average molecular weight is 431 g/mol. The molecule has 0 aromatic heterocycles. The lowest BCUT2D eigenvalue weighted by atomic mass is 10.0. The molecule has 1 aliphatic rings. The Hall–Kier alpha value is -2.38. The van der Waals surface area contributed by atoms with Crippen molar-refractivity contribution in [2.45, 2.75) is 43.4 Å². The van der Waals surface area contributed by atoms with Crippen molar-refractivity contribution in [2.75, 3.05) is 26.7 Å². The molecule has 1 saturated heterocycles. The molecule has 0 spiro atoms. The maximum atomic E-state index is 13.1. The molecular formula is C23H30N2O4S. The standard InChI is InChI=1S/C23H30N2O4S/c1-18(19-10-6-5-7-11-19)17-24-30(27,28)20-12-13-22(29-2)21(16-20)23(26)25-14-8-3-4-9-15-25/h5-7,10-13,16,18,24H,3-4,8-9,14-15,17H2,1-2H3. The number of carbonyl (C=O) groups is 1. The molecule has 3 rings (SSSR count). The van der Waals surface area contributed by atoms with Gasteiger partial charge in [0.2, 0.25) is 10.0 Å². The Morgan fingerprint density at radius 2 is 1.73 bits per heavy atom. The predicted molar refractivity (Wildman–Crippen MR) is 117 cm³/mol. The second-order valence-corrected chi connectivity index (χ2v) is 9.50. The molecule has 0 radical (unpaired) electrons. The van der Waals surface area contributed by atoms with Gasteiger partial charge < -0.3 is 9.64 Å². The van der Waals surface area contributed by atoms with Crippen LogP contribution in [0.5, 0.6) is 5.75 Å². The molecule has 30 heavy (non-hydrogen) atoms. The van der Waals surface area contributed by atoms with Gasteiger partial charge in [-0.2, -0.15) is 0 Å². The zero-order valence-electron chi connectivity index (χ0n) is 17.6. The van der Waals surface area contributed by atoms with Crippen LogP contribution >= 0.6 is 0 Å². The van der Waals surface area contributed by atoms with Crippen LogP contribution in [-0.2, 0) is 10.0 Å². The van der Waals surface area contributed by atoms with Gasteiger partial charge in [-0.15, -0.1) is 0 Å². The van der Waals surface area contributed by atoms with Gasteiger partial charge in [0, 0.05) is 19.6 Å². The average Bonchev–Trinajstić information content (AvgIpc) is 3.06. The van der Waals surface area contributed by atoms with Crippen molar-refractivity contribution in [3.8, 4) is 5.75 Å². The molecular weight excluding hydrogens is 400 g/mol. The van der Waals surface area contributed by atoms with E-state index >= 15 is 0 Å². The van der Waals surface area contributed by atoms with E-state index in [4.69, 9.17) is 4.74 Å². The van der Waals surface area contributed by atoms with Crippen molar-refractivity contribution >= 4 is 15.9 Å². The highest BCUT2D eigenvalue weighted by Gasteiger charge is 2.24. The molecule has 7 heteroatoms. The molecule has 1 fully saturated rings. The van der Waals surface area contributed by atoms with E-state index < -0.39 is 10.0 Å². The third kappa shape index (κ3) is 5.40. The number of benzene rings is 2. The summed E-state index contributed by atoms with van der Waals surface area (Å²) >= 11 is 0. The normalized spacial score (nSPS) is 16.0. The lowest BCUT2D eigenvalue weighted by Gasteiger charge is -2.22. The third-order valence-electron chi connectivity index (χ3n) is 5.55. The zero-order valence-corrected chi connectivity index (χ0v) is 18.5. The number of carbonyl (C=O) groups excluding carboxylic acids is 1. The SMILES string of the molecule is COc1ccc(S(=O)(=O)NCC(C)c2ccccc2)cc1C(=O)N1CCCCCC1. The van der Waals surface area contributed by atoms with Gasteiger partial charge in [-0.05, 0) is 42.5 Å². The minimum absolute atomic E-state index is 0.0254. The summed E-state index contributed by atoms with van der Waals surface area (Å²) in [7, 11) is -2.27. The smallest absolute Gasteiger partial charge is 0.257 e. The third-order valence-corrected chi connectivity index (χ3v) is 6.97. The molecule has 1 heterocycles. The first-order valence-corrected chi connectivity index (χ1v) is 11.9. The van der Waals surface area contributed by atoms with Crippen molar-refractivity contribution in [2.24, 2.45) is 0 Å². The van der Waals surface area contributed by atoms with E-state index in [1.807, 2.05) is 37.3 Å². The highest BCUT2D eigenvalue weighted by atomic mass is 32.2. The van der Waals surface area contributed by atoms with Crippen LogP contribution in [0.1, 0.15) is 54.4 Å². The minimum Gasteiger partial charge on any atom is -0.496 e. The van der Waals surface area contributed by atoms with Crippen molar-refractivity contribution in [3.63, 3.8) is 0 Å². The fourth-order valence-corrected chi connectivity index (χ4v) is 4.84. The molecule has 1 N–H and O–H groups in total. The van der Waals surface area contributed by atoms with E-state index in [9.17, 15) is 13.2 Å². The summed E-state index contributed by atoms with van der Waals surface area (Å²) < 4.78 is 33.8. The number of amides is 1. The molecule has 0 saturated carbocycles. The number of ether oxygens (including phenoxy) is 1. The number of methoxy groups -OCH3 is 1. The summed E-state index contributed by atoms with van der Waals surface area (Å²) in [4.78, 5) is 15.0.